The van der Waals surface area contributed by atoms with Gasteiger partial charge in [0.25, 0.3) is 5.91 Å². The molecule has 1 aliphatic rings. The van der Waals surface area contributed by atoms with Crippen LogP contribution in [0.3, 0.4) is 0 Å². The second-order valence-electron chi connectivity index (χ2n) is 7.56. The van der Waals surface area contributed by atoms with Crippen molar-refractivity contribution >= 4 is 23.1 Å². The molecule has 0 aliphatic carbocycles. The predicted octanol–water partition coefficient (Wildman–Crippen LogP) is 5.12. The van der Waals surface area contributed by atoms with E-state index in [1.165, 1.54) is 11.9 Å². The molecule has 1 unspecified atom stereocenters. The first-order chi connectivity index (χ1) is 15.8. The minimum Gasteiger partial charge on any atom is -0.598 e. The van der Waals surface area contributed by atoms with Crippen molar-refractivity contribution in [1.82, 2.24) is 9.66 Å². The molecular weight excluding hydrogens is 470 g/mol. The number of benzene rings is 2. The normalized spacial score (nSPS) is 19.1. The average Bonchev–Trinajstić information content (AvgIpc) is 3.05. The van der Waals surface area contributed by atoms with Crippen molar-refractivity contribution in [2.24, 2.45) is 5.10 Å². The Balaban J connectivity index is 2.09. The zero-order valence-electron chi connectivity index (χ0n) is 18.2. The van der Waals surface area contributed by atoms with Gasteiger partial charge in [-0.25, -0.2) is 13.2 Å². The number of carbonyl (C=O) groups is 1. The van der Waals surface area contributed by atoms with E-state index in [9.17, 15) is 32.0 Å². The summed E-state index contributed by atoms with van der Waals surface area (Å²) in [7, 11) is 1.53. The quantitative estimate of drug-likeness (QED) is 0.347. The van der Waals surface area contributed by atoms with E-state index >= 15 is 4.39 Å². The van der Waals surface area contributed by atoms with Crippen LogP contribution in [0.25, 0.3) is 0 Å². The third kappa shape index (κ3) is 4.94. The topological polar surface area (TPSA) is 77.0 Å². The Bertz CT molecular complexity index is 1120. The van der Waals surface area contributed by atoms with Gasteiger partial charge in [0.05, 0.1) is 5.56 Å². The maximum Gasteiger partial charge on any atom is 0.425 e. The lowest BCUT2D eigenvalue weighted by molar-refractivity contribution is -0.189. The zero-order chi connectivity index (χ0) is 25.4. The molecule has 2 atom stereocenters. The minimum atomic E-state index is -4.87. The molecule has 34 heavy (non-hydrogen) atoms. The summed E-state index contributed by atoms with van der Waals surface area (Å²) in [5, 5.41) is 18.9. The van der Waals surface area contributed by atoms with Crippen molar-refractivity contribution in [3.05, 3.63) is 58.6 Å². The molecule has 2 aromatic rings. The monoisotopic (exact) mass is 490 g/mol. The molecule has 7 nitrogen and oxygen atoms in total. The van der Waals surface area contributed by atoms with Crippen LogP contribution in [0.5, 0.6) is 5.75 Å². The molecule has 0 fully saturated rings. The first kappa shape index (κ1) is 25.3. The van der Waals surface area contributed by atoms with Crippen LogP contribution < -0.4 is 14.8 Å². The number of amides is 1. The number of nitrogens with zero attached hydrogens (tertiary/aromatic N) is 3. The molecule has 1 aliphatic heterocycles. The lowest BCUT2D eigenvalue weighted by Gasteiger charge is -2.32. The Morgan fingerprint density at radius 1 is 1.24 bits per heavy atom. The molecule has 13 heteroatoms. The number of alkyl halides is 3. The number of quaternary nitrogens is 1. The predicted molar refractivity (Wildman–Crippen MR) is 112 cm³/mol. The Kier molecular flexibility index (Phi) is 6.80. The molecule has 1 heterocycles. The number of hydroxylamine groups is 1. The van der Waals surface area contributed by atoms with E-state index in [4.69, 9.17) is 4.74 Å². The highest BCUT2D eigenvalue weighted by Crippen LogP contribution is 2.38. The summed E-state index contributed by atoms with van der Waals surface area (Å²) < 4.78 is 85.5. The number of para-hydroxylation sites is 1. The Labute approximate surface area is 190 Å². The molecule has 1 amide bonds. The van der Waals surface area contributed by atoms with E-state index in [2.05, 4.69) is 5.10 Å². The summed E-state index contributed by atoms with van der Waals surface area (Å²) in [5.74, 6) is -5.43. The molecule has 3 rings (SSSR count). The van der Waals surface area contributed by atoms with Gasteiger partial charge in [0.2, 0.25) is 5.69 Å². The van der Waals surface area contributed by atoms with Crippen LogP contribution in [0.4, 0.5) is 37.7 Å². The van der Waals surface area contributed by atoms with Crippen molar-refractivity contribution in [3.63, 3.8) is 0 Å². The standard InChI is InChI=1S/C21H20F6N4O3/c1-4-18-29-31(33,10-30(18)3)16-9-17(34-11(2)21(25,26)27)12(8-15(16)24)20(32)28-19-13(22)6-5-7-14(19)23/h5-9,11H,4,10H2,1-3H3,(H,28,32)/t11-,31?/m0/s1. The number of halogens is 6. The van der Waals surface area contributed by atoms with Gasteiger partial charge < -0.3 is 20.2 Å². The summed E-state index contributed by atoms with van der Waals surface area (Å²) in [6, 6.07) is 3.82. The van der Waals surface area contributed by atoms with Gasteiger partial charge in [-0.15, -0.1) is 0 Å². The van der Waals surface area contributed by atoms with Gasteiger partial charge in [-0.05, 0) is 25.1 Å². The van der Waals surface area contributed by atoms with Crippen LogP contribution in [-0.2, 0) is 0 Å². The number of hydrogen-bond acceptors (Lipinski definition) is 5. The molecule has 1 N–H and O–H groups in total. The van der Waals surface area contributed by atoms with E-state index < -0.39 is 63.1 Å². The largest absolute Gasteiger partial charge is 0.598 e. The van der Waals surface area contributed by atoms with Crippen molar-refractivity contribution in [2.45, 2.75) is 32.5 Å². The first-order valence-corrected chi connectivity index (χ1v) is 9.99. The SMILES string of the molecule is CCC1=N[N+]([O-])(c2cc(O[C@@H](C)C(F)(F)F)c(C(=O)Nc3c(F)cccc3F)cc2F)CN1C. The Hall–Kier alpha value is -3.32. The maximum atomic E-state index is 15.0. The number of hydrogen-bond donors (Lipinski definition) is 1. The lowest BCUT2D eigenvalue weighted by atomic mass is 10.1. The van der Waals surface area contributed by atoms with Gasteiger partial charge in [-0.3, -0.25) is 4.79 Å². The number of nitrogens with one attached hydrogen (secondary N) is 1. The Morgan fingerprint density at radius 3 is 2.38 bits per heavy atom. The van der Waals surface area contributed by atoms with Crippen LogP contribution in [0.2, 0.25) is 0 Å². The van der Waals surface area contributed by atoms with Crippen LogP contribution >= 0.6 is 0 Å². The summed E-state index contributed by atoms with van der Waals surface area (Å²) in [4.78, 5) is 14.1. The fourth-order valence-corrected chi connectivity index (χ4v) is 3.28. The third-order valence-electron chi connectivity index (χ3n) is 5.07. The number of amidine groups is 1. The van der Waals surface area contributed by atoms with Gasteiger partial charge in [-0.1, -0.05) is 18.1 Å². The molecule has 0 aromatic heterocycles. The molecule has 0 spiro atoms. The highest BCUT2D eigenvalue weighted by Gasteiger charge is 2.40. The zero-order valence-corrected chi connectivity index (χ0v) is 18.2. The lowest BCUT2D eigenvalue weighted by Crippen LogP contribution is -2.40. The van der Waals surface area contributed by atoms with Crippen molar-refractivity contribution in [1.29, 1.82) is 0 Å². The van der Waals surface area contributed by atoms with E-state index in [0.717, 1.165) is 18.2 Å². The second kappa shape index (κ2) is 9.14. The molecule has 2 aromatic carbocycles. The summed E-state index contributed by atoms with van der Waals surface area (Å²) in [6.07, 6.45) is -6.99. The van der Waals surface area contributed by atoms with Gasteiger partial charge in [0.1, 0.15) is 23.1 Å². The molecule has 0 saturated carbocycles. The number of ether oxygens (including phenoxy) is 1. The highest BCUT2D eigenvalue weighted by molar-refractivity contribution is 6.06. The van der Waals surface area contributed by atoms with Gasteiger partial charge in [0.15, 0.2) is 24.4 Å². The van der Waals surface area contributed by atoms with Crippen molar-refractivity contribution in [2.75, 3.05) is 19.0 Å². The molecule has 184 valence electrons. The van der Waals surface area contributed by atoms with E-state index in [1.807, 2.05) is 5.32 Å². The number of anilines is 1. The van der Waals surface area contributed by atoms with Crippen molar-refractivity contribution in [3.8, 4) is 5.75 Å². The Morgan fingerprint density at radius 2 is 1.85 bits per heavy atom. The fraction of sp³-hybridized carbons (Fsp3) is 0.333. The van der Waals surface area contributed by atoms with Gasteiger partial charge >= 0.3 is 6.18 Å². The van der Waals surface area contributed by atoms with E-state index in [0.29, 0.717) is 31.3 Å². The van der Waals surface area contributed by atoms with Crippen LogP contribution in [0, 0.1) is 22.7 Å². The van der Waals surface area contributed by atoms with E-state index in [-0.39, 0.29) is 6.67 Å². The molecular formula is C21H20F6N4O3. The van der Waals surface area contributed by atoms with Gasteiger partial charge in [0, 0.05) is 19.5 Å². The summed E-state index contributed by atoms with van der Waals surface area (Å²) >= 11 is 0. The van der Waals surface area contributed by atoms with Gasteiger partial charge in [-0.2, -0.15) is 17.9 Å². The summed E-state index contributed by atoms with van der Waals surface area (Å²) in [5.41, 5.74) is -2.40. The minimum absolute atomic E-state index is 0.331. The molecule has 0 bridgehead atoms. The van der Waals surface area contributed by atoms with Crippen molar-refractivity contribution < 1.29 is 35.9 Å². The van der Waals surface area contributed by atoms with Crippen LogP contribution in [0.15, 0.2) is 35.4 Å². The number of rotatable bonds is 6. The highest BCUT2D eigenvalue weighted by atomic mass is 19.4. The first-order valence-electron chi connectivity index (χ1n) is 9.99. The average molecular weight is 490 g/mol. The van der Waals surface area contributed by atoms with Crippen LogP contribution in [-0.4, -0.2) is 42.6 Å². The molecule has 0 radical (unpaired) electrons. The maximum absolute atomic E-state index is 15.0. The van der Waals surface area contributed by atoms with E-state index in [1.54, 1.807) is 6.92 Å². The smallest absolute Gasteiger partial charge is 0.425 e. The molecule has 0 saturated heterocycles. The summed E-state index contributed by atoms with van der Waals surface area (Å²) in [6.45, 7) is 1.97. The van der Waals surface area contributed by atoms with Crippen LogP contribution in [0.1, 0.15) is 30.6 Å². The third-order valence-corrected chi connectivity index (χ3v) is 5.07. The second-order valence-corrected chi connectivity index (χ2v) is 7.56. The number of carbonyl (C=O) groups excluding carboxylic acids is 1. The fourth-order valence-electron chi connectivity index (χ4n) is 3.28.